The summed E-state index contributed by atoms with van der Waals surface area (Å²) in [4.78, 5) is 10.6. The molecule has 1 aromatic heterocycles. The van der Waals surface area contributed by atoms with Crippen LogP contribution in [0.4, 0.5) is 0 Å². The Morgan fingerprint density at radius 1 is 1.23 bits per heavy atom. The molecule has 0 radical (unpaired) electrons. The van der Waals surface area contributed by atoms with Crippen molar-refractivity contribution in [2.45, 2.75) is 51.0 Å². The van der Waals surface area contributed by atoms with E-state index in [1.165, 1.54) is 0 Å². The summed E-state index contributed by atoms with van der Waals surface area (Å²) in [5.41, 5.74) is 1.67. The molecular weight excluding hydrogens is 274 g/mol. The number of β-amino-alcohol motifs (C(OH)–C–C–N with tert-alkyl or cyclic N) is 1. The third-order valence-electron chi connectivity index (χ3n) is 5.22. The molecule has 4 nitrogen and oxygen atoms in total. The van der Waals surface area contributed by atoms with Crippen LogP contribution in [-0.4, -0.2) is 45.2 Å². The summed E-state index contributed by atoms with van der Waals surface area (Å²) in [6.45, 7) is 7.04. The predicted octanol–water partition coefficient (Wildman–Crippen LogP) is 3.29. The van der Waals surface area contributed by atoms with Gasteiger partial charge in [0.2, 0.25) is 0 Å². The van der Waals surface area contributed by atoms with E-state index in [4.69, 9.17) is 4.98 Å². The highest BCUT2D eigenvalue weighted by Gasteiger charge is 2.29. The molecule has 4 heteroatoms. The fraction of sp³-hybridized carbons (Fsp3) is 0.611. The van der Waals surface area contributed by atoms with Gasteiger partial charge in [-0.15, -0.1) is 0 Å². The van der Waals surface area contributed by atoms with Crippen LogP contribution in [0.2, 0.25) is 0 Å². The van der Waals surface area contributed by atoms with E-state index < -0.39 is 5.60 Å². The van der Waals surface area contributed by atoms with E-state index in [0.29, 0.717) is 5.92 Å². The number of piperidine rings is 1. The number of hydrogen-bond acceptors (Lipinski definition) is 3. The van der Waals surface area contributed by atoms with Crippen LogP contribution in [-0.2, 0) is 0 Å². The van der Waals surface area contributed by atoms with Crippen molar-refractivity contribution in [1.82, 2.24) is 14.9 Å². The van der Waals surface area contributed by atoms with Gasteiger partial charge in [-0.25, -0.2) is 4.98 Å². The molecule has 0 unspecified atom stereocenters. The first-order valence-electron chi connectivity index (χ1n) is 8.53. The van der Waals surface area contributed by atoms with Crippen molar-refractivity contribution in [2.24, 2.45) is 0 Å². The molecule has 0 atom stereocenters. The Morgan fingerprint density at radius 2 is 1.91 bits per heavy atom. The third kappa shape index (κ3) is 3.18. The van der Waals surface area contributed by atoms with Crippen LogP contribution in [0.1, 0.15) is 51.3 Å². The van der Waals surface area contributed by atoms with Crippen LogP contribution in [0, 0.1) is 0 Å². The molecule has 0 saturated carbocycles. The molecule has 3 rings (SSSR count). The van der Waals surface area contributed by atoms with Crippen LogP contribution < -0.4 is 0 Å². The van der Waals surface area contributed by atoms with Gasteiger partial charge in [-0.3, -0.25) is 0 Å². The zero-order valence-corrected chi connectivity index (χ0v) is 13.7. The number of aromatic amines is 1. The lowest BCUT2D eigenvalue weighted by Gasteiger charge is -2.37. The molecule has 1 aliphatic rings. The summed E-state index contributed by atoms with van der Waals surface area (Å²) in [6.07, 6.45) is 3.88. The second-order valence-corrected chi connectivity index (χ2v) is 6.62. The van der Waals surface area contributed by atoms with E-state index in [1.807, 2.05) is 12.1 Å². The van der Waals surface area contributed by atoms with Crippen molar-refractivity contribution in [3.8, 4) is 0 Å². The predicted molar refractivity (Wildman–Crippen MR) is 90.0 cm³/mol. The van der Waals surface area contributed by atoms with Gasteiger partial charge in [-0.1, -0.05) is 26.0 Å². The molecule has 2 heterocycles. The monoisotopic (exact) mass is 301 g/mol. The topological polar surface area (TPSA) is 52.1 Å². The Labute approximate surface area is 132 Å². The average molecular weight is 301 g/mol. The number of nitrogens with zero attached hydrogens (tertiary/aromatic N) is 2. The number of para-hydroxylation sites is 2. The van der Waals surface area contributed by atoms with E-state index in [2.05, 4.69) is 35.9 Å². The maximum atomic E-state index is 10.5. The van der Waals surface area contributed by atoms with Gasteiger partial charge in [-0.2, -0.15) is 0 Å². The summed E-state index contributed by atoms with van der Waals surface area (Å²) in [5, 5.41) is 10.5. The number of aromatic nitrogens is 2. The number of hydrogen-bond donors (Lipinski definition) is 2. The van der Waals surface area contributed by atoms with Crippen LogP contribution >= 0.6 is 0 Å². The summed E-state index contributed by atoms with van der Waals surface area (Å²) >= 11 is 0. The van der Waals surface area contributed by atoms with E-state index in [1.54, 1.807) is 0 Å². The standard InChI is InChI=1S/C18H27N3O/c1-3-18(22,4-2)13-21-11-9-14(10-12-21)17-19-15-7-5-6-8-16(15)20-17/h5-8,14,22H,3-4,9-13H2,1-2H3,(H,19,20). The van der Waals surface area contributed by atoms with Crippen molar-refractivity contribution < 1.29 is 5.11 Å². The highest BCUT2D eigenvalue weighted by Crippen LogP contribution is 2.29. The van der Waals surface area contributed by atoms with E-state index in [-0.39, 0.29) is 0 Å². The van der Waals surface area contributed by atoms with Crippen molar-refractivity contribution in [1.29, 1.82) is 0 Å². The van der Waals surface area contributed by atoms with Crippen LogP contribution in [0.25, 0.3) is 11.0 Å². The lowest BCUT2D eigenvalue weighted by atomic mass is 9.92. The molecule has 1 fully saturated rings. The number of rotatable bonds is 5. The molecule has 22 heavy (non-hydrogen) atoms. The van der Waals surface area contributed by atoms with Crippen molar-refractivity contribution >= 4 is 11.0 Å². The summed E-state index contributed by atoms with van der Waals surface area (Å²) in [6, 6.07) is 8.23. The fourth-order valence-corrected chi connectivity index (χ4v) is 3.42. The normalized spacial score (nSPS) is 18.1. The highest BCUT2D eigenvalue weighted by molar-refractivity contribution is 5.74. The molecule has 2 N–H and O–H groups in total. The number of benzene rings is 1. The smallest absolute Gasteiger partial charge is 0.110 e. The van der Waals surface area contributed by atoms with Crippen molar-refractivity contribution in [2.75, 3.05) is 19.6 Å². The minimum atomic E-state index is -0.522. The zero-order valence-electron chi connectivity index (χ0n) is 13.7. The Balaban J connectivity index is 1.62. The molecule has 1 aliphatic heterocycles. The second-order valence-electron chi connectivity index (χ2n) is 6.62. The van der Waals surface area contributed by atoms with E-state index in [0.717, 1.165) is 62.2 Å². The highest BCUT2D eigenvalue weighted by atomic mass is 16.3. The maximum Gasteiger partial charge on any atom is 0.110 e. The molecule has 0 aliphatic carbocycles. The van der Waals surface area contributed by atoms with Gasteiger partial charge in [-0.05, 0) is 50.9 Å². The lowest BCUT2D eigenvalue weighted by Crippen LogP contribution is -2.45. The summed E-state index contributed by atoms with van der Waals surface area (Å²) in [7, 11) is 0. The lowest BCUT2D eigenvalue weighted by molar-refractivity contribution is -0.00920. The molecule has 0 spiro atoms. The maximum absolute atomic E-state index is 10.5. The Bertz CT molecular complexity index is 577. The minimum Gasteiger partial charge on any atom is -0.389 e. The van der Waals surface area contributed by atoms with Crippen molar-refractivity contribution in [3.63, 3.8) is 0 Å². The van der Waals surface area contributed by atoms with Gasteiger partial charge in [0.1, 0.15) is 5.82 Å². The zero-order chi connectivity index (χ0) is 15.6. The molecule has 0 bridgehead atoms. The van der Waals surface area contributed by atoms with E-state index in [9.17, 15) is 5.11 Å². The number of imidazole rings is 1. The summed E-state index contributed by atoms with van der Waals surface area (Å²) < 4.78 is 0. The van der Waals surface area contributed by atoms with E-state index >= 15 is 0 Å². The van der Waals surface area contributed by atoms with Gasteiger partial charge < -0.3 is 15.0 Å². The van der Waals surface area contributed by atoms with Crippen LogP contribution in [0.3, 0.4) is 0 Å². The summed E-state index contributed by atoms with van der Waals surface area (Å²) in [5.74, 6) is 1.64. The molecule has 1 saturated heterocycles. The molecule has 120 valence electrons. The molecular formula is C18H27N3O. The number of likely N-dealkylation sites (tertiary alicyclic amines) is 1. The number of H-pyrrole nitrogens is 1. The Morgan fingerprint density at radius 3 is 2.55 bits per heavy atom. The second kappa shape index (κ2) is 6.39. The minimum absolute atomic E-state index is 0.514. The van der Waals surface area contributed by atoms with Crippen LogP contribution in [0.15, 0.2) is 24.3 Å². The molecule has 0 amide bonds. The van der Waals surface area contributed by atoms with Gasteiger partial charge >= 0.3 is 0 Å². The number of nitrogens with one attached hydrogen (secondary N) is 1. The van der Waals surface area contributed by atoms with Crippen LogP contribution in [0.5, 0.6) is 0 Å². The van der Waals surface area contributed by atoms with Gasteiger partial charge in [0.25, 0.3) is 0 Å². The Kier molecular flexibility index (Phi) is 4.50. The van der Waals surface area contributed by atoms with Crippen molar-refractivity contribution in [3.05, 3.63) is 30.1 Å². The molecule has 2 aromatic rings. The average Bonchev–Trinajstić information content (AvgIpc) is 2.99. The van der Waals surface area contributed by atoms with Gasteiger partial charge in [0, 0.05) is 12.5 Å². The Hall–Kier alpha value is -1.39. The first kappa shape index (κ1) is 15.5. The van der Waals surface area contributed by atoms with Gasteiger partial charge in [0.15, 0.2) is 0 Å². The first-order chi connectivity index (χ1) is 10.6. The first-order valence-corrected chi connectivity index (χ1v) is 8.53. The molecule has 1 aromatic carbocycles. The largest absolute Gasteiger partial charge is 0.389 e. The quantitative estimate of drug-likeness (QED) is 0.891. The SMILES string of the molecule is CCC(O)(CC)CN1CCC(c2nc3ccccc3[nH]2)CC1. The third-order valence-corrected chi connectivity index (χ3v) is 5.22. The number of aliphatic hydroxyl groups is 1. The number of fused-ring (bicyclic) bond motifs is 1. The van der Waals surface area contributed by atoms with Gasteiger partial charge in [0.05, 0.1) is 16.6 Å². The fourth-order valence-electron chi connectivity index (χ4n) is 3.42.